The summed E-state index contributed by atoms with van der Waals surface area (Å²) in [6.07, 6.45) is 3.78. The first-order valence-corrected chi connectivity index (χ1v) is 9.12. The Morgan fingerprint density at radius 2 is 2.24 bits per heavy atom. The van der Waals surface area contributed by atoms with Gasteiger partial charge in [0.25, 0.3) is 0 Å². The minimum atomic E-state index is -3.54. The minimum absolute atomic E-state index is 0.129. The van der Waals surface area contributed by atoms with E-state index in [2.05, 4.69) is 15.2 Å². The summed E-state index contributed by atoms with van der Waals surface area (Å²) in [7, 11) is -3.54. The van der Waals surface area contributed by atoms with Crippen molar-refractivity contribution in [1.82, 2.24) is 15.2 Å². The van der Waals surface area contributed by atoms with Crippen LogP contribution in [0, 0.1) is 6.92 Å². The zero-order chi connectivity index (χ0) is 14.9. The maximum Gasteiger partial charge on any atom is 0.242 e. The van der Waals surface area contributed by atoms with Crippen LogP contribution in [0.2, 0.25) is 0 Å². The lowest BCUT2D eigenvalue weighted by Crippen LogP contribution is -2.25. The van der Waals surface area contributed by atoms with E-state index in [1.807, 2.05) is 12.3 Å². The van der Waals surface area contributed by atoms with E-state index in [-0.39, 0.29) is 6.54 Å². The Morgan fingerprint density at radius 1 is 1.43 bits per heavy atom. The molecule has 0 aliphatic heterocycles. The molecule has 0 aromatic carbocycles. The normalized spacial score (nSPS) is 15.5. The molecule has 2 aromatic rings. The fourth-order valence-electron chi connectivity index (χ4n) is 2.06. The van der Waals surface area contributed by atoms with Crippen molar-refractivity contribution in [3.8, 4) is 0 Å². The molecular weight excluding hydrogens is 310 g/mol. The summed E-state index contributed by atoms with van der Waals surface area (Å²) in [4.78, 5) is 1.25. The van der Waals surface area contributed by atoms with Crippen molar-refractivity contribution in [1.29, 1.82) is 0 Å². The molecule has 1 saturated carbocycles. The number of thiophene rings is 1. The molecule has 2 heterocycles. The Bertz CT molecular complexity index is 703. The second-order valence-corrected chi connectivity index (χ2v) is 7.81. The molecule has 0 unspecified atom stereocenters. The Morgan fingerprint density at radius 3 is 2.90 bits per heavy atom. The Balaban J connectivity index is 1.75. The van der Waals surface area contributed by atoms with Crippen LogP contribution in [0.1, 0.15) is 29.0 Å². The number of nitrogens with one attached hydrogen (secondary N) is 2. The number of aromatic nitrogens is 1. The minimum Gasteiger partial charge on any atom is -0.364 e. The van der Waals surface area contributed by atoms with E-state index in [1.54, 1.807) is 6.07 Å². The molecule has 1 aliphatic rings. The SMILES string of the molecule is Cc1csc(CNC2CC2)c1S(=O)(=O)NCc1ccon1. The van der Waals surface area contributed by atoms with Gasteiger partial charge in [0, 0.05) is 23.5 Å². The second-order valence-electron chi connectivity index (χ2n) is 5.14. The van der Waals surface area contributed by atoms with Crippen molar-refractivity contribution in [2.45, 2.75) is 43.8 Å². The van der Waals surface area contributed by atoms with Gasteiger partial charge in [0.15, 0.2) is 0 Å². The Kier molecular flexibility index (Phi) is 4.12. The lowest BCUT2D eigenvalue weighted by atomic mass is 10.3. The maximum atomic E-state index is 12.5. The van der Waals surface area contributed by atoms with Gasteiger partial charge in [-0.25, -0.2) is 13.1 Å². The van der Waals surface area contributed by atoms with E-state index in [0.717, 1.165) is 10.4 Å². The predicted octanol–water partition coefficient (Wildman–Crippen LogP) is 1.78. The molecule has 21 heavy (non-hydrogen) atoms. The summed E-state index contributed by atoms with van der Waals surface area (Å²) in [6.45, 7) is 2.55. The van der Waals surface area contributed by atoms with Gasteiger partial charge in [0.05, 0.1) is 12.2 Å². The summed E-state index contributed by atoms with van der Waals surface area (Å²) in [5.74, 6) is 0. The monoisotopic (exact) mass is 327 g/mol. The van der Waals surface area contributed by atoms with Gasteiger partial charge < -0.3 is 9.84 Å². The van der Waals surface area contributed by atoms with E-state index in [0.29, 0.717) is 23.2 Å². The van der Waals surface area contributed by atoms with Crippen LogP contribution in [0.3, 0.4) is 0 Å². The number of hydrogen-bond donors (Lipinski definition) is 2. The van der Waals surface area contributed by atoms with E-state index < -0.39 is 10.0 Å². The number of rotatable bonds is 7. The van der Waals surface area contributed by atoms with Gasteiger partial charge in [0.2, 0.25) is 10.0 Å². The molecular formula is C13H17N3O3S2. The van der Waals surface area contributed by atoms with Crippen molar-refractivity contribution in [2.24, 2.45) is 0 Å². The van der Waals surface area contributed by atoms with Crippen LogP contribution in [0.5, 0.6) is 0 Å². The molecule has 8 heteroatoms. The fourth-order valence-corrected chi connectivity index (χ4v) is 4.82. The molecule has 1 aliphatic carbocycles. The van der Waals surface area contributed by atoms with Crippen LogP contribution in [0.25, 0.3) is 0 Å². The third kappa shape index (κ3) is 3.52. The quantitative estimate of drug-likeness (QED) is 0.810. The molecule has 6 nitrogen and oxygen atoms in total. The molecule has 0 spiro atoms. The highest BCUT2D eigenvalue weighted by atomic mass is 32.2. The Labute approximate surface area is 127 Å². The highest BCUT2D eigenvalue weighted by molar-refractivity contribution is 7.89. The van der Waals surface area contributed by atoms with Gasteiger partial charge in [-0.05, 0) is 30.7 Å². The summed E-state index contributed by atoms with van der Waals surface area (Å²) in [6, 6.07) is 2.18. The molecule has 1 fully saturated rings. The first-order chi connectivity index (χ1) is 10.1. The largest absolute Gasteiger partial charge is 0.364 e. The average molecular weight is 327 g/mol. The van der Waals surface area contributed by atoms with Crippen molar-refractivity contribution in [3.63, 3.8) is 0 Å². The number of aryl methyl sites for hydroxylation is 1. The van der Waals surface area contributed by atoms with Gasteiger partial charge in [-0.2, -0.15) is 0 Å². The highest BCUT2D eigenvalue weighted by Gasteiger charge is 2.25. The summed E-state index contributed by atoms with van der Waals surface area (Å²) < 4.78 is 32.3. The fraction of sp³-hybridized carbons (Fsp3) is 0.462. The van der Waals surface area contributed by atoms with Crippen molar-refractivity contribution in [3.05, 3.63) is 33.8 Å². The summed E-state index contributed by atoms with van der Waals surface area (Å²) in [5, 5.41) is 8.94. The van der Waals surface area contributed by atoms with Crippen molar-refractivity contribution < 1.29 is 12.9 Å². The molecule has 2 N–H and O–H groups in total. The predicted molar refractivity (Wildman–Crippen MR) is 79.4 cm³/mol. The van der Waals surface area contributed by atoms with Crippen LogP contribution in [0.4, 0.5) is 0 Å². The first-order valence-electron chi connectivity index (χ1n) is 6.75. The van der Waals surface area contributed by atoms with Gasteiger partial charge >= 0.3 is 0 Å². The standard InChI is InChI=1S/C13H17N3O3S2/c1-9-8-20-12(7-14-10-2-3-10)13(9)21(17,18)15-6-11-4-5-19-16-11/h4-5,8,10,14-15H,2-3,6-7H2,1H3. The molecule has 114 valence electrons. The van der Waals surface area contributed by atoms with Crippen molar-refractivity contribution >= 4 is 21.4 Å². The first kappa shape index (κ1) is 14.7. The van der Waals surface area contributed by atoms with Crippen LogP contribution in [-0.2, 0) is 23.1 Å². The van der Waals surface area contributed by atoms with Crippen LogP contribution in [0.15, 0.2) is 27.1 Å². The van der Waals surface area contributed by atoms with Gasteiger partial charge in [-0.15, -0.1) is 11.3 Å². The average Bonchev–Trinajstić information content (AvgIpc) is 2.97. The molecule has 3 rings (SSSR count). The van der Waals surface area contributed by atoms with Crippen LogP contribution in [-0.4, -0.2) is 19.6 Å². The molecule has 0 radical (unpaired) electrons. The lowest BCUT2D eigenvalue weighted by Gasteiger charge is -2.09. The van der Waals surface area contributed by atoms with Gasteiger partial charge in [-0.3, -0.25) is 0 Å². The third-order valence-corrected chi connectivity index (χ3v) is 6.19. The zero-order valence-corrected chi connectivity index (χ0v) is 13.3. The van der Waals surface area contributed by atoms with E-state index in [1.165, 1.54) is 30.4 Å². The molecule has 2 aromatic heterocycles. The molecule has 0 atom stereocenters. The number of sulfonamides is 1. The lowest BCUT2D eigenvalue weighted by molar-refractivity contribution is 0.411. The smallest absolute Gasteiger partial charge is 0.242 e. The number of nitrogens with zero attached hydrogens (tertiary/aromatic N) is 1. The summed E-state index contributed by atoms with van der Waals surface area (Å²) in [5.41, 5.74) is 1.34. The van der Waals surface area contributed by atoms with Gasteiger partial charge in [-0.1, -0.05) is 5.16 Å². The molecule has 0 saturated heterocycles. The van der Waals surface area contributed by atoms with Crippen LogP contribution >= 0.6 is 11.3 Å². The molecule has 0 bridgehead atoms. The van der Waals surface area contributed by atoms with Crippen molar-refractivity contribution in [2.75, 3.05) is 0 Å². The van der Waals surface area contributed by atoms with Crippen LogP contribution < -0.4 is 10.0 Å². The van der Waals surface area contributed by atoms with Gasteiger partial charge in [0.1, 0.15) is 11.2 Å². The maximum absolute atomic E-state index is 12.5. The number of hydrogen-bond acceptors (Lipinski definition) is 6. The topological polar surface area (TPSA) is 84.2 Å². The van der Waals surface area contributed by atoms with E-state index >= 15 is 0 Å². The molecule has 0 amide bonds. The summed E-state index contributed by atoms with van der Waals surface area (Å²) >= 11 is 1.48. The zero-order valence-electron chi connectivity index (χ0n) is 11.6. The Hall–Kier alpha value is -1.22. The second kappa shape index (κ2) is 5.88. The van der Waals surface area contributed by atoms with E-state index in [9.17, 15) is 8.42 Å². The third-order valence-electron chi connectivity index (χ3n) is 3.32. The highest BCUT2D eigenvalue weighted by Crippen LogP contribution is 2.28. The van der Waals surface area contributed by atoms with E-state index in [4.69, 9.17) is 4.52 Å².